The van der Waals surface area contributed by atoms with Crippen LogP contribution in [0.2, 0.25) is 0 Å². The molecule has 0 radical (unpaired) electrons. The molecule has 126 valence electrons. The minimum Gasteiger partial charge on any atom is -0.264 e. The van der Waals surface area contributed by atoms with E-state index in [1.165, 1.54) is 5.01 Å². The highest BCUT2D eigenvalue weighted by atomic mass is 19.4. The lowest BCUT2D eigenvalue weighted by Gasteiger charge is -2.39. The van der Waals surface area contributed by atoms with Crippen molar-refractivity contribution in [3.63, 3.8) is 0 Å². The molecule has 1 aromatic heterocycles. The quantitative estimate of drug-likeness (QED) is 0.848. The van der Waals surface area contributed by atoms with E-state index in [-0.39, 0.29) is 12.5 Å². The van der Waals surface area contributed by atoms with Gasteiger partial charge in [0.05, 0.1) is 5.71 Å². The number of nitrogens with zero attached hydrogens (tertiary/aromatic N) is 4. The van der Waals surface area contributed by atoms with Crippen LogP contribution in [0.3, 0.4) is 0 Å². The summed E-state index contributed by atoms with van der Waals surface area (Å²) in [5.41, 5.74) is 2.31. The smallest absolute Gasteiger partial charge is 0.264 e. The summed E-state index contributed by atoms with van der Waals surface area (Å²) < 4.78 is 40.6. The van der Waals surface area contributed by atoms with Gasteiger partial charge >= 0.3 is 6.18 Å². The number of rotatable bonds is 3. The van der Waals surface area contributed by atoms with Gasteiger partial charge in [0.25, 0.3) is 0 Å². The van der Waals surface area contributed by atoms with Crippen LogP contribution in [0.25, 0.3) is 0 Å². The van der Waals surface area contributed by atoms with Crippen LogP contribution < -0.4 is 0 Å². The van der Waals surface area contributed by atoms with E-state index in [0.29, 0.717) is 18.7 Å². The van der Waals surface area contributed by atoms with E-state index < -0.39 is 12.2 Å². The number of alkyl halides is 3. The molecule has 4 nitrogen and oxygen atoms in total. The van der Waals surface area contributed by atoms with E-state index in [2.05, 4.69) is 9.98 Å². The van der Waals surface area contributed by atoms with Gasteiger partial charge in [-0.3, -0.25) is 9.99 Å². The number of aromatic nitrogens is 1. The van der Waals surface area contributed by atoms with Crippen molar-refractivity contribution in [1.29, 1.82) is 0 Å². The Hall–Kier alpha value is -2.15. The first-order valence-electron chi connectivity index (χ1n) is 7.96. The maximum absolute atomic E-state index is 13.5. The lowest BCUT2D eigenvalue weighted by Crippen LogP contribution is -2.52. The van der Waals surface area contributed by atoms with Gasteiger partial charge in [-0.05, 0) is 50.0 Å². The SMILES string of the molecule is CC1=CC(c2cccnc2)=NC2=CCN([C@@H](C3CC3)C(F)(F)F)N12. The predicted octanol–water partition coefficient (Wildman–Crippen LogP) is 3.50. The summed E-state index contributed by atoms with van der Waals surface area (Å²) in [6.45, 7) is 2.04. The van der Waals surface area contributed by atoms with Crippen LogP contribution >= 0.6 is 0 Å². The first-order valence-corrected chi connectivity index (χ1v) is 7.96. The zero-order valence-electron chi connectivity index (χ0n) is 13.2. The minimum atomic E-state index is -4.24. The predicted molar refractivity (Wildman–Crippen MR) is 83.7 cm³/mol. The fourth-order valence-corrected chi connectivity index (χ4v) is 3.36. The third-order valence-corrected chi connectivity index (χ3v) is 4.53. The summed E-state index contributed by atoms with van der Waals surface area (Å²) >= 11 is 0. The standard InChI is InChI=1S/C17H17F3N4/c1-11-9-14(13-3-2-7-21-10-13)22-15-6-8-23(24(11)15)16(12-4-5-12)17(18,19)20/h2-3,6-7,9-10,12,16H,4-5,8H2,1H3/t16-/m0/s1. The van der Waals surface area contributed by atoms with Crippen molar-refractivity contribution >= 4 is 5.71 Å². The Balaban J connectivity index is 1.65. The van der Waals surface area contributed by atoms with Gasteiger partial charge in [0.15, 0.2) is 0 Å². The molecule has 1 saturated carbocycles. The molecule has 0 amide bonds. The van der Waals surface area contributed by atoms with E-state index in [4.69, 9.17) is 0 Å². The Labute approximate surface area is 138 Å². The van der Waals surface area contributed by atoms with Crippen molar-refractivity contribution in [3.8, 4) is 0 Å². The average Bonchev–Trinajstić information content (AvgIpc) is 3.26. The largest absolute Gasteiger partial charge is 0.406 e. The first-order chi connectivity index (χ1) is 11.4. The summed E-state index contributed by atoms with van der Waals surface area (Å²) in [5.74, 6) is 0.248. The number of halogens is 3. The fraction of sp³-hybridized carbons (Fsp3) is 0.412. The molecular weight excluding hydrogens is 317 g/mol. The highest BCUT2D eigenvalue weighted by Gasteiger charge is 2.54. The summed E-state index contributed by atoms with van der Waals surface area (Å²) in [4.78, 5) is 8.61. The normalized spacial score (nSPS) is 22.7. The monoisotopic (exact) mass is 334 g/mol. The maximum atomic E-state index is 13.5. The molecule has 0 aromatic carbocycles. The van der Waals surface area contributed by atoms with Gasteiger partial charge in [0, 0.05) is 30.2 Å². The molecule has 1 aromatic rings. The van der Waals surface area contributed by atoms with E-state index in [9.17, 15) is 13.2 Å². The molecule has 7 heteroatoms. The van der Waals surface area contributed by atoms with Crippen molar-refractivity contribution in [1.82, 2.24) is 15.0 Å². The number of hydrazine groups is 1. The maximum Gasteiger partial charge on any atom is 0.406 e. The average molecular weight is 334 g/mol. The topological polar surface area (TPSA) is 31.7 Å². The van der Waals surface area contributed by atoms with Crippen LogP contribution in [0.5, 0.6) is 0 Å². The molecule has 2 aliphatic heterocycles. The molecule has 4 rings (SSSR count). The van der Waals surface area contributed by atoms with Gasteiger partial charge in [0.1, 0.15) is 11.9 Å². The first kappa shape index (κ1) is 15.4. The molecule has 1 atom stereocenters. The molecule has 0 saturated heterocycles. The third-order valence-electron chi connectivity index (χ3n) is 4.53. The van der Waals surface area contributed by atoms with E-state index in [0.717, 1.165) is 17.0 Å². The van der Waals surface area contributed by atoms with Crippen LogP contribution in [0, 0.1) is 5.92 Å². The Morgan fingerprint density at radius 3 is 2.71 bits per heavy atom. The van der Waals surface area contributed by atoms with E-state index >= 15 is 0 Å². The summed E-state index contributed by atoms with van der Waals surface area (Å²) in [6.07, 6.45) is 3.98. The van der Waals surface area contributed by atoms with Crippen molar-refractivity contribution in [2.45, 2.75) is 32.0 Å². The Kier molecular flexibility index (Phi) is 3.49. The van der Waals surface area contributed by atoms with Gasteiger partial charge in [-0.25, -0.2) is 4.99 Å². The molecule has 24 heavy (non-hydrogen) atoms. The van der Waals surface area contributed by atoms with Crippen molar-refractivity contribution in [2.24, 2.45) is 10.9 Å². The molecular formula is C17H17F3N4. The van der Waals surface area contributed by atoms with Gasteiger partial charge in [0.2, 0.25) is 0 Å². The molecule has 3 aliphatic rings. The molecule has 0 N–H and O–H groups in total. The molecule has 0 spiro atoms. The zero-order chi connectivity index (χ0) is 16.9. The van der Waals surface area contributed by atoms with Gasteiger partial charge < -0.3 is 0 Å². The molecule has 0 bridgehead atoms. The highest BCUT2D eigenvalue weighted by Crippen LogP contribution is 2.46. The van der Waals surface area contributed by atoms with Crippen molar-refractivity contribution in [3.05, 3.63) is 53.8 Å². The Morgan fingerprint density at radius 1 is 1.29 bits per heavy atom. The molecule has 3 heterocycles. The van der Waals surface area contributed by atoms with Crippen molar-refractivity contribution in [2.75, 3.05) is 6.54 Å². The van der Waals surface area contributed by atoms with E-state index in [1.807, 2.05) is 25.1 Å². The minimum absolute atomic E-state index is 0.227. The number of allylic oxidation sites excluding steroid dienone is 2. The number of aliphatic imine (C=N–C) groups is 1. The molecule has 0 unspecified atom stereocenters. The fourth-order valence-electron chi connectivity index (χ4n) is 3.36. The third kappa shape index (κ3) is 2.62. The van der Waals surface area contributed by atoms with Crippen LogP contribution in [0.1, 0.15) is 25.3 Å². The summed E-state index contributed by atoms with van der Waals surface area (Å²) in [6, 6.07) is 2.27. The van der Waals surface area contributed by atoms with Crippen molar-refractivity contribution < 1.29 is 13.2 Å². The van der Waals surface area contributed by atoms with Crippen LogP contribution in [-0.2, 0) is 0 Å². The van der Waals surface area contributed by atoms with Crippen LogP contribution in [0.4, 0.5) is 13.2 Å². The van der Waals surface area contributed by atoms with E-state index in [1.54, 1.807) is 23.5 Å². The second kappa shape index (κ2) is 5.44. The number of hydrogen-bond donors (Lipinski definition) is 0. The second-order valence-electron chi connectivity index (χ2n) is 6.34. The zero-order valence-corrected chi connectivity index (χ0v) is 13.2. The lowest BCUT2D eigenvalue weighted by atomic mass is 10.1. The number of pyridine rings is 1. The Bertz CT molecular complexity index is 732. The molecule has 1 fully saturated rings. The van der Waals surface area contributed by atoms with Crippen LogP contribution in [-0.4, -0.2) is 39.5 Å². The second-order valence-corrected chi connectivity index (χ2v) is 6.34. The summed E-state index contributed by atoms with van der Waals surface area (Å²) in [5, 5.41) is 3.01. The van der Waals surface area contributed by atoms with Crippen LogP contribution in [0.15, 0.2) is 53.2 Å². The van der Waals surface area contributed by atoms with Gasteiger partial charge in [-0.2, -0.15) is 18.2 Å². The molecule has 1 aliphatic carbocycles. The summed E-state index contributed by atoms with van der Waals surface area (Å²) in [7, 11) is 0. The highest BCUT2D eigenvalue weighted by molar-refractivity contribution is 6.09. The number of fused-ring (bicyclic) bond motifs is 1. The lowest BCUT2D eigenvalue weighted by molar-refractivity contribution is -0.212. The number of hydrogen-bond acceptors (Lipinski definition) is 4. The van der Waals surface area contributed by atoms with Gasteiger partial charge in [-0.1, -0.05) is 0 Å². The van der Waals surface area contributed by atoms with Gasteiger partial charge in [-0.15, -0.1) is 0 Å². The Morgan fingerprint density at radius 2 is 2.08 bits per heavy atom.